The van der Waals surface area contributed by atoms with Crippen LogP contribution >= 0.6 is 0 Å². The fraction of sp³-hybridized carbons (Fsp3) is 0.588. The molecule has 0 heterocycles. The molecule has 2 atom stereocenters. The minimum Gasteiger partial charge on any atom is -0.331 e. The van der Waals surface area contributed by atoms with Crippen molar-refractivity contribution in [2.45, 2.75) is 33.2 Å². The third kappa shape index (κ3) is 4.47. The highest BCUT2D eigenvalue weighted by Gasteiger charge is 2.31. The van der Waals surface area contributed by atoms with Crippen LogP contribution in [0.3, 0.4) is 0 Å². The van der Waals surface area contributed by atoms with Gasteiger partial charge in [0.25, 0.3) is 0 Å². The molecule has 2 amide bonds. The van der Waals surface area contributed by atoms with Gasteiger partial charge in [-0.1, -0.05) is 30.7 Å². The maximum absolute atomic E-state index is 12.5. The Labute approximate surface area is 139 Å². The molecule has 1 aliphatic carbocycles. The van der Waals surface area contributed by atoms with Gasteiger partial charge in [-0.2, -0.15) is 0 Å². The Morgan fingerprint density at radius 3 is 2.70 bits per heavy atom. The molecule has 128 valence electrons. The quantitative estimate of drug-likeness (QED) is 0.896. The number of hydrogen-bond donors (Lipinski definition) is 1. The van der Waals surface area contributed by atoms with Crippen LogP contribution in [0, 0.1) is 12.8 Å². The maximum atomic E-state index is 12.5. The SMILES string of the molecule is CCN(CCS(C)(=O)=O)C(=O)N[C@H]1c2cc(C)ccc2C[C@@H]1C. The van der Waals surface area contributed by atoms with Gasteiger partial charge in [0, 0.05) is 19.3 Å². The highest BCUT2D eigenvalue weighted by Crippen LogP contribution is 2.36. The van der Waals surface area contributed by atoms with E-state index < -0.39 is 9.84 Å². The lowest BCUT2D eigenvalue weighted by Gasteiger charge is -2.26. The summed E-state index contributed by atoms with van der Waals surface area (Å²) < 4.78 is 22.6. The topological polar surface area (TPSA) is 66.5 Å². The minimum absolute atomic E-state index is 0.00955. The second-order valence-corrected chi connectivity index (χ2v) is 8.78. The molecule has 6 heteroatoms. The summed E-state index contributed by atoms with van der Waals surface area (Å²) in [5.74, 6) is 0.328. The number of nitrogens with zero attached hydrogens (tertiary/aromatic N) is 1. The van der Waals surface area contributed by atoms with Crippen LogP contribution in [-0.4, -0.2) is 44.4 Å². The van der Waals surface area contributed by atoms with Gasteiger partial charge in [0.05, 0.1) is 11.8 Å². The van der Waals surface area contributed by atoms with Gasteiger partial charge in [0.2, 0.25) is 0 Å². The molecule has 0 saturated carbocycles. The predicted octanol–water partition coefficient (Wildman–Crippen LogP) is 2.30. The molecule has 0 aromatic heterocycles. The zero-order valence-corrected chi connectivity index (χ0v) is 15.1. The van der Waals surface area contributed by atoms with E-state index in [9.17, 15) is 13.2 Å². The normalized spacial score (nSPS) is 20.2. The Morgan fingerprint density at radius 1 is 1.39 bits per heavy atom. The number of rotatable bonds is 5. The number of urea groups is 1. The Balaban J connectivity index is 2.09. The van der Waals surface area contributed by atoms with E-state index >= 15 is 0 Å². The molecule has 1 aliphatic rings. The van der Waals surface area contributed by atoms with E-state index in [2.05, 4.69) is 30.4 Å². The van der Waals surface area contributed by atoms with Gasteiger partial charge in [0.15, 0.2) is 0 Å². The minimum atomic E-state index is -3.08. The molecule has 0 spiro atoms. The van der Waals surface area contributed by atoms with E-state index in [1.807, 2.05) is 13.8 Å². The zero-order chi connectivity index (χ0) is 17.2. The molecule has 0 bridgehead atoms. The van der Waals surface area contributed by atoms with Gasteiger partial charge in [-0.05, 0) is 37.3 Å². The molecule has 0 saturated heterocycles. The van der Waals surface area contributed by atoms with Crippen molar-refractivity contribution in [3.8, 4) is 0 Å². The van der Waals surface area contributed by atoms with Crippen LogP contribution in [-0.2, 0) is 16.3 Å². The third-order valence-corrected chi connectivity index (χ3v) is 5.35. The third-order valence-electron chi connectivity index (χ3n) is 4.43. The summed E-state index contributed by atoms with van der Waals surface area (Å²) in [4.78, 5) is 14.1. The Morgan fingerprint density at radius 2 is 2.09 bits per heavy atom. The highest BCUT2D eigenvalue weighted by atomic mass is 32.2. The zero-order valence-electron chi connectivity index (χ0n) is 14.3. The first-order chi connectivity index (χ1) is 10.7. The standard InChI is InChI=1S/C17H26N2O3S/c1-5-19(8-9-23(4,21)22)17(20)18-16-13(3)11-14-7-6-12(2)10-15(14)16/h6-7,10,13,16H,5,8-9,11H2,1-4H3,(H,18,20)/t13-,16+/m0/s1. The van der Waals surface area contributed by atoms with Gasteiger partial charge in [-0.15, -0.1) is 0 Å². The Hall–Kier alpha value is -1.56. The second kappa shape index (κ2) is 6.91. The summed E-state index contributed by atoms with van der Waals surface area (Å²) in [5, 5.41) is 3.09. The summed E-state index contributed by atoms with van der Waals surface area (Å²) in [6.07, 6.45) is 2.15. The van der Waals surface area contributed by atoms with Crippen molar-refractivity contribution in [3.63, 3.8) is 0 Å². The molecule has 0 radical (unpaired) electrons. The number of hydrogen-bond acceptors (Lipinski definition) is 3. The number of benzene rings is 1. The van der Waals surface area contributed by atoms with E-state index in [-0.39, 0.29) is 24.4 Å². The van der Waals surface area contributed by atoms with Crippen molar-refractivity contribution in [1.29, 1.82) is 0 Å². The number of carbonyl (C=O) groups excluding carboxylic acids is 1. The predicted molar refractivity (Wildman–Crippen MR) is 92.3 cm³/mol. The Kier molecular flexibility index (Phi) is 5.34. The van der Waals surface area contributed by atoms with E-state index in [1.54, 1.807) is 4.90 Å². The van der Waals surface area contributed by atoms with Crippen LogP contribution < -0.4 is 5.32 Å². The number of amides is 2. The first-order valence-corrected chi connectivity index (χ1v) is 10.1. The molecule has 0 fully saturated rings. The molecule has 0 unspecified atom stereocenters. The van der Waals surface area contributed by atoms with E-state index in [1.165, 1.54) is 22.9 Å². The molecule has 0 aliphatic heterocycles. The number of nitrogens with one attached hydrogen (secondary N) is 1. The highest BCUT2D eigenvalue weighted by molar-refractivity contribution is 7.90. The molecule has 23 heavy (non-hydrogen) atoms. The summed E-state index contributed by atoms with van der Waals surface area (Å²) in [6, 6.07) is 6.16. The maximum Gasteiger partial charge on any atom is 0.317 e. The van der Waals surface area contributed by atoms with Crippen LogP contribution in [0.2, 0.25) is 0 Å². The van der Waals surface area contributed by atoms with Crippen LogP contribution in [0.25, 0.3) is 0 Å². The average molecular weight is 338 g/mol. The fourth-order valence-electron chi connectivity index (χ4n) is 3.08. The summed E-state index contributed by atoms with van der Waals surface area (Å²) >= 11 is 0. The van der Waals surface area contributed by atoms with Crippen molar-refractivity contribution >= 4 is 15.9 Å². The first-order valence-electron chi connectivity index (χ1n) is 8.04. The van der Waals surface area contributed by atoms with Crippen LogP contribution in [0.1, 0.15) is 36.6 Å². The molecule has 2 rings (SSSR count). The molecule has 1 aromatic carbocycles. The van der Waals surface area contributed by atoms with Crippen molar-refractivity contribution in [2.24, 2.45) is 5.92 Å². The number of sulfone groups is 1. The average Bonchev–Trinajstić information content (AvgIpc) is 2.74. The van der Waals surface area contributed by atoms with Crippen LogP contribution in [0.15, 0.2) is 18.2 Å². The van der Waals surface area contributed by atoms with Gasteiger partial charge in [0.1, 0.15) is 9.84 Å². The molecule has 1 aromatic rings. The van der Waals surface area contributed by atoms with Gasteiger partial charge >= 0.3 is 6.03 Å². The van der Waals surface area contributed by atoms with Gasteiger partial charge in [-0.3, -0.25) is 0 Å². The van der Waals surface area contributed by atoms with Crippen molar-refractivity contribution in [1.82, 2.24) is 10.2 Å². The molecular weight excluding hydrogens is 312 g/mol. The van der Waals surface area contributed by atoms with Gasteiger partial charge in [-0.25, -0.2) is 13.2 Å². The van der Waals surface area contributed by atoms with Gasteiger partial charge < -0.3 is 10.2 Å². The fourth-order valence-corrected chi connectivity index (χ4v) is 3.64. The van der Waals surface area contributed by atoms with Crippen LogP contribution in [0.4, 0.5) is 4.79 Å². The second-order valence-electron chi connectivity index (χ2n) is 6.52. The Bertz CT molecular complexity index is 685. The number of fused-ring (bicyclic) bond motifs is 1. The van der Waals surface area contributed by atoms with E-state index in [4.69, 9.17) is 0 Å². The van der Waals surface area contributed by atoms with Crippen molar-refractivity contribution in [3.05, 3.63) is 34.9 Å². The van der Waals surface area contributed by atoms with Crippen LogP contribution in [0.5, 0.6) is 0 Å². The van der Waals surface area contributed by atoms with Crippen molar-refractivity contribution in [2.75, 3.05) is 25.1 Å². The van der Waals surface area contributed by atoms with E-state index in [0.29, 0.717) is 12.5 Å². The molecular formula is C17H26N2O3S. The summed E-state index contributed by atoms with van der Waals surface area (Å²) in [7, 11) is -3.08. The largest absolute Gasteiger partial charge is 0.331 e. The lowest BCUT2D eigenvalue weighted by Crippen LogP contribution is -2.44. The smallest absolute Gasteiger partial charge is 0.317 e. The lowest BCUT2D eigenvalue weighted by atomic mass is 10.0. The first kappa shape index (κ1) is 17.8. The van der Waals surface area contributed by atoms with E-state index in [0.717, 1.165) is 6.42 Å². The number of aryl methyl sites for hydroxylation is 1. The lowest BCUT2D eigenvalue weighted by molar-refractivity contribution is 0.196. The number of carbonyl (C=O) groups is 1. The summed E-state index contributed by atoms with van der Waals surface area (Å²) in [6.45, 7) is 6.75. The molecule has 1 N–H and O–H groups in total. The monoisotopic (exact) mass is 338 g/mol. The summed E-state index contributed by atoms with van der Waals surface area (Å²) in [5.41, 5.74) is 3.65. The molecule has 5 nitrogen and oxygen atoms in total. The van der Waals surface area contributed by atoms with Crippen molar-refractivity contribution < 1.29 is 13.2 Å².